The number of amides is 1. The van der Waals surface area contributed by atoms with E-state index < -0.39 is 0 Å². The number of aliphatic hydroxyl groups excluding tert-OH is 1. The maximum absolute atomic E-state index is 12.4. The molecule has 4 heterocycles. The van der Waals surface area contributed by atoms with E-state index in [1.165, 1.54) is 0 Å². The van der Waals surface area contributed by atoms with Crippen LogP contribution < -0.4 is 9.47 Å². The minimum absolute atomic E-state index is 0.0628. The van der Waals surface area contributed by atoms with Crippen LogP contribution in [0.4, 0.5) is 5.69 Å². The Bertz CT molecular complexity index is 1200. The van der Waals surface area contributed by atoms with Crippen molar-refractivity contribution in [2.75, 3.05) is 53.1 Å². The molecule has 1 N–H and O–H groups in total. The molecule has 2 aromatic rings. The number of aliphatic imine (C=N–C) groups is 2. The molecule has 188 valence electrons. The van der Waals surface area contributed by atoms with E-state index in [0.29, 0.717) is 87.4 Å². The Kier molecular flexibility index (Phi) is 7.13. The molecule has 3 aliphatic heterocycles. The molecule has 10 heteroatoms. The molecule has 3 aliphatic rings. The number of amidine groups is 2. The summed E-state index contributed by atoms with van der Waals surface area (Å²) in [6, 6.07) is 7.32. The molecule has 0 unspecified atom stereocenters. The molecule has 0 spiro atoms. The summed E-state index contributed by atoms with van der Waals surface area (Å²) in [5.74, 6) is 2.57. The van der Waals surface area contributed by atoms with Crippen LogP contribution in [0.2, 0.25) is 0 Å². The average molecular weight is 492 g/mol. The lowest BCUT2D eigenvalue weighted by Crippen LogP contribution is -2.40. The van der Waals surface area contributed by atoms with Crippen LogP contribution in [0.25, 0.3) is 5.76 Å². The van der Waals surface area contributed by atoms with Gasteiger partial charge in [-0.3, -0.25) is 14.8 Å². The first-order chi connectivity index (χ1) is 17.7. The van der Waals surface area contributed by atoms with Crippen molar-refractivity contribution in [3.05, 3.63) is 53.9 Å². The van der Waals surface area contributed by atoms with E-state index in [-0.39, 0.29) is 11.7 Å². The number of ether oxygens (including phenoxy) is 3. The van der Waals surface area contributed by atoms with Gasteiger partial charge in [-0.2, -0.15) is 0 Å². The van der Waals surface area contributed by atoms with Gasteiger partial charge in [0.05, 0.1) is 33.5 Å². The molecule has 0 atom stereocenters. The monoisotopic (exact) mass is 491 g/mol. The number of hydrogen-bond donors (Lipinski definition) is 1. The minimum Gasteiger partial charge on any atom is -0.507 e. The van der Waals surface area contributed by atoms with Gasteiger partial charge in [0.25, 0.3) is 0 Å². The summed E-state index contributed by atoms with van der Waals surface area (Å²) in [6.07, 6.45) is 5.87. The van der Waals surface area contributed by atoms with E-state index in [4.69, 9.17) is 19.2 Å². The van der Waals surface area contributed by atoms with Crippen LogP contribution in [-0.2, 0) is 9.53 Å². The van der Waals surface area contributed by atoms with E-state index in [0.717, 1.165) is 11.4 Å². The largest absolute Gasteiger partial charge is 0.507 e. The molecule has 0 radical (unpaired) electrons. The van der Waals surface area contributed by atoms with Gasteiger partial charge >= 0.3 is 0 Å². The third-order valence-electron chi connectivity index (χ3n) is 6.26. The normalized spacial score (nSPS) is 17.2. The summed E-state index contributed by atoms with van der Waals surface area (Å²) in [6.45, 7) is 4.14. The van der Waals surface area contributed by atoms with Gasteiger partial charge in [-0.1, -0.05) is 0 Å². The number of aromatic nitrogens is 1. The topological polar surface area (TPSA) is 109 Å². The minimum atomic E-state index is 0.0628. The summed E-state index contributed by atoms with van der Waals surface area (Å²) >= 11 is 0. The number of carbonyl (C=O) groups is 1. The number of rotatable bonds is 8. The molecular weight excluding hydrogens is 462 g/mol. The second-order valence-corrected chi connectivity index (χ2v) is 8.54. The number of nitrogens with zero attached hydrogens (tertiary/aromatic N) is 5. The van der Waals surface area contributed by atoms with Crippen LogP contribution in [0.5, 0.6) is 11.5 Å². The van der Waals surface area contributed by atoms with Crippen LogP contribution in [0, 0.1) is 0 Å². The highest BCUT2D eigenvalue weighted by atomic mass is 16.5. The smallest absolute Gasteiger partial charge is 0.222 e. The van der Waals surface area contributed by atoms with Crippen molar-refractivity contribution in [3.63, 3.8) is 0 Å². The van der Waals surface area contributed by atoms with E-state index in [1.54, 1.807) is 37.7 Å². The van der Waals surface area contributed by atoms with Crippen molar-refractivity contribution in [1.82, 2.24) is 14.8 Å². The SMILES string of the molecule is COc1c(OCCCC(=O)N2CCOCC2)ccc2c1N=C(/C=C(/O)c1cccnc1)N1CCN=C21. The van der Waals surface area contributed by atoms with Crippen LogP contribution in [0.1, 0.15) is 24.0 Å². The number of carbonyl (C=O) groups excluding carboxylic acids is 1. The summed E-state index contributed by atoms with van der Waals surface area (Å²) in [4.78, 5) is 29.8. The second-order valence-electron chi connectivity index (χ2n) is 8.54. The van der Waals surface area contributed by atoms with Gasteiger partial charge < -0.3 is 29.1 Å². The quantitative estimate of drug-likeness (QED) is 0.447. The number of morpholine rings is 1. The number of methoxy groups -OCH3 is 1. The summed E-state index contributed by atoms with van der Waals surface area (Å²) < 4.78 is 17.0. The van der Waals surface area contributed by atoms with E-state index >= 15 is 0 Å². The van der Waals surface area contributed by atoms with Gasteiger partial charge in [0, 0.05) is 55.7 Å². The first-order valence-electron chi connectivity index (χ1n) is 12.1. The van der Waals surface area contributed by atoms with Crippen molar-refractivity contribution in [1.29, 1.82) is 0 Å². The number of benzene rings is 1. The molecule has 10 nitrogen and oxygen atoms in total. The lowest BCUT2D eigenvalue weighted by molar-refractivity contribution is -0.135. The van der Waals surface area contributed by atoms with Gasteiger partial charge in [0.15, 0.2) is 11.5 Å². The number of fused-ring (bicyclic) bond motifs is 3. The summed E-state index contributed by atoms with van der Waals surface area (Å²) in [5, 5.41) is 10.7. The first-order valence-corrected chi connectivity index (χ1v) is 12.1. The fourth-order valence-corrected chi connectivity index (χ4v) is 4.44. The number of pyridine rings is 1. The predicted octanol–water partition coefficient (Wildman–Crippen LogP) is 2.81. The maximum atomic E-state index is 12.4. The van der Waals surface area contributed by atoms with Crippen molar-refractivity contribution in [2.24, 2.45) is 9.98 Å². The third-order valence-corrected chi connectivity index (χ3v) is 6.26. The molecule has 0 saturated carbocycles. The van der Waals surface area contributed by atoms with Crippen LogP contribution in [0.3, 0.4) is 0 Å². The van der Waals surface area contributed by atoms with Gasteiger partial charge in [-0.15, -0.1) is 0 Å². The molecular formula is C26H29N5O5. The highest BCUT2D eigenvalue weighted by Gasteiger charge is 2.32. The van der Waals surface area contributed by atoms with Crippen LogP contribution in [0.15, 0.2) is 52.7 Å². The second kappa shape index (κ2) is 10.8. The van der Waals surface area contributed by atoms with Gasteiger partial charge in [-0.05, 0) is 30.7 Å². The zero-order chi connectivity index (χ0) is 24.9. The van der Waals surface area contributed by atoms with Gasteiger partial charge in [0.1, 0.15) is 23.1 Å². The molecule has 1 fully saturated rings. The van der Waals surface area contributed by atoms with Crippen molar-refractivity contribution in [3.8, 4) is 11.5 Å². The lowest BCUT2D eigenvalue weighted by Gasteiger charge is -2.27. The first kappa shape index (κ1) is 23.8. The molecule has 0 bridgehead atoms. The molecule has 1 amide bonds. The molecule has 5 rings (SSSR count). The predicted molar refractivity (Wildman–Crippen MR) is 135 cm³/mol. The van der Waals surface area contributed by atoms with Gasteiger partial charge in [0.2, 0.25) is 5.91 Å². The van der Waals surface area contributed by atoms with E-state index in [2.05, 4.69) is 9.98 Å². The molecule has 1 saturated heterocycles. The Balaban J connectivity index is 1.35. The highest BCUT2D eigenvalue weighted by molar-refractivity contribution is 6.20. The summed E-state index contributed by atoms with van der Waals surface area (Å²) in [7, 11) is 1.57. The van der Waals surface area contributed by atoms with E-state index in [1.807, 2.05) is 21.9 Å². The molecule has 36 heavy (non-hydrogen) atoms. The van der Waals surface area contributed by atoms with E-state index in [9.17, 15) is 9.90 Å². The number of hydrogen-bond acceptors (Lipinski definition) is 9. The van der Waals surface area contributed by atoms with Crippen molar-refractivity contribution in [2.45, 2.75) is 12.8 Å². The summed E-state index contributed by atoms with van der Waals surface area (Å²) in [5.41, 5.74) is 2.04. The zero-order valence-electron chi connectivity index (χ0n) is 20.2. The average Bonchev–Trinajstić information content (AvgIpc) is 3.42. The standard InChI is InChI=1S/C26H29N5O5/c1-34-25-21(36-13-3-5-23(33)30-11-14-35-15-12-30)7-6-19-24(25)29-22(31-10-9-28-26(19)31)16-20(32)18-4-2-8-27-17-18/h2,4,6-8,16-17,32H,3,5,9-15H2,1H3/b20-16+. The highest BCUT2D eigenvalue weighted by Crippen LogP contribution is 2.43. The maximum Gasteiger partial charge on any atom is 0.222 e. The van der Waals surface area contributed by atoms with Gasteiger partial charge in [-0.25, -0.2) is 4.99 Å². The zero-order valence-corrected chi connectivity index (χ0v) is 20.2. The Morgan fingerprint density at radius 1 is 1.22 bits per heavy atom. The lowest BCUT2D eigenvalue weighted by atomic mass is 10.1. The third kappa shape index (κ3) is 4.90. The molecule has 1 aromatic carbocycles. The fourth-order valence-electron chi connectivity index (χ4n) is 4.44. The Morgan fingerprint density at radius 2 is 2.08 bits per heavy atom. The molecule has 0 aliphatic carbocycles. The van der Waals surface area contributed by atoms with Crippen molar-refractivity contribution >= 4 is 29.0 Å². The van der Waals surface area contributed by atoms with Crippen LogP contribution in [-0.4, -0.2) is 90.6 Å². The number of aliphatic hydroxyl groups is 1. The fraction of sp³-hybridized carbons (Fsp3) is 0.385. The Morgan fingerprint density at radius 3 is 2.86 bits per heavy atom. The molecule has 1 aromatic heterocycles. The Labute approximate surface area is 209 Å². The van der Waals surface area contributed by atoms with Crippen molar-refractivity contribution < 1.29 is 24.1 Å². The van der Waals surface area contributed by atoms with Crippen LogP contribution >= 0.6 is 0 Å². The Hall–Kier alpha value is -3.92.